The van der Waals surface area contributed by atoms with E-state index in [0.29, 0.717) is 23.8 Å². The van der Waals surface area contributed by atoms with Gasteiger partial charge < -0.3 is 15.1 Å². The van der Waals surface area contributed by atoms with Gasteiger partial charge in [0.25, 0.3) is 11.8 Å². The summed E-state index contributed by atoms with van der Waals surface area (Å²) in [4.78, 5) is 32.0. The lowest BCUT2D eigenvalue weighted by Crippen LogP contribution is -2.24. The SMILES string of the molecule is Cc1nccc(C(=O)NCc2ccc(NC(=O)c3ccco3)cc2)n1. The third kappa shape index (κ3) is 4.29. The van der Waals surface area contributed by atoms with Gasteiger partial charge in [-0.25, -0.2) is 9.97 Å². The number of benzene rings is 1. The first-order chi connectivity index (χ1) is 12.1. The first-order valence-electron chi connectivity index (χ1n) is 7.63. The maximum atomic E-state index is 12.0. The summed E-state index contributed by atoms with van der Waals surface area (Å²) in [5.41, 5.74) is 1.87. The van der Waals surface area contributed by atoms with E-state index < -0.39 is 0 Å². The topological polar surface area (TPSA) is 97.1 Å². The van der Waals surface area contributed by atoms with Gasteiger partial charge in [0.2, 0.25) is 0 Å². The zero-order valence-electron chi connectivity index (χ0n) is 13.5. The molecule has 0 atom stereocenters. The molecule has 0 radical (unpaired) electrons. The van der Waals surface area contributed by atoms with Crippen LogP contribution in [0.3, 0.4) is 0 Å². The Kier molecular flexibility index (Phi) is 4.84. The highest BCUT2D eigenvalue weighted by Gasteiger charge is 2.09. The molecule has 0 unspecified atom stereocenters. The number of nitrogens with one attached hydrogen (secondary N) is 2. The van der Waals surface area contributed by atoms with Gasteiger partial charge in [-0.05, 0) is 42.8 Å². The van der Waals surface area contributed by atoms with E-state index in [4.69, 9.17) is 4.42 Å². The van der Waals surface area contributed by atoms with Crippen molar-refractivity contribution in [2.24, 2.45) is 0 Å². The molecule has 0 spiro atoms. The molecule has 25 heavy (non-hydrogen) atoms. The monoisotopic (exact) mass is 336 g/mol. The van der Waals surface area contributed by atoms with Gasteiger partial charge in [0.1, 0.15) is 11.5 Å². The summed E-state index contributed by atoms with van der Waals surface area (Å²) in [6, 6.07) is 12.0. The highest BCUT2D eigenvalue weighted by molar-refractivity contribution is 6.02. The van der Waals surface area contributed by atoms with Crippen LogP contribution in [0, 0.1) is 6.92 Å². The summed E-state index contributed by atoms with van der Waals surface area (Å²) in [5, 5.41) is 5.53. The Balaban J connectivity index is 1.56. The Labute approximate surface area is 144 Å². The summed E-state index contributed by atoms with van der Waals surface area (Å²) >= 11 is 0. The van der Waals surface area contributed by atoms with Crippen LogP contribution in [-0.4, -0.2) is 21.8 Å². The zero-order valence-corrected chi connectivity index (χ0v) is 13.5. The predicted molar refractivity (Wildman–Crippen MR) is 91.0 cm³/mol. The van der Waals surface area contributed by atoms with E-state index in [1.165, 1.54) is 6.26 Å². The van der Waals surface area contributed by atoms with E-state index in [1.807, 2.05) is 12.1 Å². The second-order valence-corrected chi connectivity index (χ2v) is 5.30. The van der Waals surface area contributed by atoms with Crippen LogP contribution in [0.5, 0.6) is 0 Å². The molecular formula is C18H16N4O3. The third-order valence-corrected chi connectivity index (χ3v) is 3.42. The number of carbonyl (C=O) groups is 2. The number of anilines is 1. The highest BCUT2D eigenvalue weighted by Crippen LogP contribution is 2.12. The van der Waals surface area contributed by atoms with Crippen molar-refractivity contribution in [3.63, 3.8) is 0 Å². The molecule has 126 valence electrons. The first kappa shape index (κ1) is 16.4. The van der Waals surface area contributed by atoms with Crippen molar-refractivity contribution in [3.8, 4) is 0 Å². The molecule has 0 fully saturated rings. The predicted octanol–water partition coefficient (Wildman–Crippen LogP) is 2.56. The van der Waals surface area contributed by atoms with Crippen molar-refractivity contribution in [1.29, 1.82) is 0 Å². The summed E-state index contributed by atoms with van der Waals surface area (Å²) in [7, 11) is 0. The number of carbonyl (C=O) groups excluding carboxylic acids is 2. The van der Waals surface area contributed by atoms with Gasteiger partial charge in [-0.3, -0.25) is 9.59 Å². The normalized spacial score (nSPS) is 10.3. The van der Waals surface area contributed by atoms with E-state index in [2.05, 4.69) is 20.6 Å². The van der Waals surface area contributed by atoms with Crippen LogP contribution in [0.2, 0.25) is 0 Å². The smallest absolute Gasteiger partial charge is 0.291 e. The van der Waals surface area contributed by atoms with E-state index in [-0.39, 0.29) is 17.6 Å². The lowest BCUT2D eigenvalue weighted by atomic mass is 10.2. The van der Waals surface area contributed by atoms with Gasteiger partial charge in [0, 0.05) is 18.4 Å². The van der Waals surface area contributed by atoms with Crippen LogP contribution in [0.15, 0.2) is 59.3 Å². The fraction of sp³-hybridized carbons (Fsp3) is 0.111. The molecule has 7 heteroatoms. The van der Waals surface area contributed by atoms with Gasteiger partial charge in [0.05, 0.1) is 6.26 Å². The van der Waals surface area contributed by atoms with E-state index >= 15 is 0 Å². The molecule has 2 amide bonds. The fourth-order valence-electron chi connectivity index (χ4n) is 2.16. The van der Waals surface area contributed by atoms with Crippen LogP contribution in [0.4, 0.5) is 5.69 Å². The molecule has 0 aliphatic rings. The average molecular weight is 336 g/mol. The zero-order chi connectivity index (χ0) is 17.6. The Hall–Kier alpha value is -3.48. The Bertz CT molecular complexity index is 874. The van der Waals surface area contributed by atoms with Crippen LogP contribution >= 0.6 is 0 Å². The van der Waals surface area contributed by atoms with Crippen LogP contribution in [0.25, 0.3) is 0 Å². The first-order valence-corrected chi connectivity index (χ1v) is 7.63. The molecule has 0 bridgehead atoms. The van der Waals surface area contributed by atoms with Gasteiger partial charge >= 0.3 is 0 Å². The number of furan rings is 1. The molecule has 1 aromatic carbocycles. The van der Waals surface area contributed by atoms with Crippen LogP contribution < -0.4 is 10.6 Å². The van der Waals surface area contributed by atoms with Gasteiger partial charge in [-0.15, -0.1) is 0 Å². The Morgan fingerprint density at radius 3 is 2.56 bits per heavy atom. The fourth-order valence-corrected chi connectivity index (χ4v) is 2.16. The van der Waals surface area contributed by atoms with Crippen molar-refractivity contribution in [2.45, 2.75) is 13.5 Å². The Morgan fingerprint density at radius 2 is 1.88 bits per heavy atom. The van der Waals surface area contributed by atoms with Crippen molar-refractivity contribution in [2.75, 3.05) is 5.32 Å². The molecule has 7 nitrogen and oxygen atoms in total. The summed E-state index contributed by atoms with van der Waals surface area (Å²) in [6.45, 7) is 2.08. The van der Waals surface area contributed by atoms with Crippen LogP contribution in [0.1, 0.15) is 32.4 Å². The standard InChI is InChI=1S/C18H16N4O3/c1-12-19-9-8-15(21-12)17(23)20-11-13-4-6-14(7-5-13)22-18(24)16-3-2-10-25-16/h2-10H,11H2,1H3,(H,20,23)(H,22,24). The van der Waals surface area contributed by atoms with E-state index in [1.54, 1.807) is 43.5 Å². The second kappa shape index (κ2) is 7.39. The minimum atomic E-state index is -0.315. The van der Waals surface area contributed by atoms with Crippen molar-refractivity contribution >= 4 is 17.5 Å². The second-order valence-electron chi connectivity index (χ2n) is 5.30. The Morgan fingerprint density at radius 1 is 1.08 bits per heavy atom. The van der Waals surface area contributed by atoms with Gasteiger partial charge in [-0.2, -0.15) is 0 Å². The maximum absolute atomic E-state index is 12.0. The summed E-state index contributed by atoms with van der Waals surface area (Å²) in [5.74, 6) is 0.215. The molecule has 0 saturated heterocycles. The maximum Gasteiger partial charge on any atom is 0.291 e. The molecule has 0 aliphatic carbocycles. The van der Waals surface area contributed by atoms with Crippen molar-refractivity contribution in [3.05, 3.63) is 77.8 Å². The molecule has 2 heterocycles. The number of hydrogen-bond acceptors (Lipinski definition) is 5. The largest absolute Gasteiger partial charge is 0.459 e. The third-order valence-electron chi connectivity index (χ3n) is 3.42. The molecule has 2 N–H and O–H groups in total. The number of rotatable bonds is 5. The number of aromatic nitrogens is 2. The molecule has 3 aromatic rings. The average Bonchev–Trinajstić information content (AvgIpc) is 3.16. The minimum absolute atomic E-state index is 0.247. The lowest BCUT2D eigenvalue weighted by molar-refractivity contribution is 0.0944. The lowest BCUT2D eigenvalue weighted by Gasteiger charge is -2.07. The number of amides is 2. The quantitative estimate of drug-likeness (QED) is 0.746. The summed E-state index contributed by atoms with van der Waals surface area (Å²) < 4.78 is 5.04. The number of aryl methyl sites for hydroxylation is 1. The molecule has 3 rings (SSSR count). The molecule has 2 aromatic heterocycles. The summed E-state index contributed by atoms with van der Waals surface area (Å²) in [6.07, 6.45) is 2.99. The van der Waals surface area contributed by atoms with Gasteiger partial charge in [0.15, 0.2) is 5.76 Å². The molecule has 0 aliphatic heterocycles. The molecule has 0 saturated carbocycles. The minimum Gasteiger partial charge on any atom is -0.459 e. The molecular weight excluding hydrogens is 320 g/mol. The number of hydrogen-bond donors (Lipinski definition) is 2. The van der Waals surface area contributed by atoms with Crippen molar-refractivity contribution in [1.82, 2.24) is 15.3 Å². The highest BCUT2D eigenvalue weighted by atomic mass is 16.3. The van der Waals surface area contributed by atoms with Crippen LogP contribution in [-0.2, 0) is 6.54 Å². The van der Waals surface area contributed by atoms with Crippen molar-refractivity contribution < 1.29 is 14.0 Å². The van der Waals surface area contributed by atoms with Gasteiger partial charge in [-0.1, -0.05) is 12.1 Å². The van der Waals surface area contributed by atoms with E-state index in [9.17, 15) is 9.59 Å². The number of nitrogens with zero attached hydrogens (tertiary/aromatic N) is 2. The van der Waals surface area contributed by atoms with E-state index in [0.717, 1.165) is 5.56 Å².